The Bertz CT molecular complexity index is 803. The quantitative estimate of drug-likeness (QED) is 0.817. The molecule has 5 nitrogen and oxygen atoms in total. The maximum Gasteiger partial charge on any atom is 0.307 e. The minimum atomic E-state index is -0.897. The third-order valence-corrected chi connectivity index (χ3v) is 4.97. The van der Waals surface area contributed by atoms with Crippen LogP contribution in [0.4, 0.5) is 5.69 Å². The van der Waals surface area contributed by atoms with E-state index in [4.69, 9.17) is 9.84 Å². The molecule has 5 heteroatoms. The van der Waals surface area contributed by atoms with Gasteiger partial charge in [0, 0.05) is 5.69 Å². The lowest BCUT2D eigenvalue weighted by Crippen LogP contribution is -2.41. The van der Waals surface area contributed by atoms with Gasteiger partial charge in [-0.05, 0) is 56.0 Å². The normalized spacial score (nSPS) is 19.9. The molecule has 0 radical (unpaired) electrons. The van der Waals surface area contributed by atoms with Crippen LogP contribution in [-0.2, 0) is 9.59 Å². The van der Waals surface area contributed by atoms with Crippen LogP contribution in [0.25, 0.3) is 0 Å². The fourth-order valence-electron chi connectivity index (χ4n) is 3.18. The lowest BCUT2D eigenvalue weighted by atomic mass is 9.73. The van der Waals surface area contributed by atoms with E-state index in [0.717, 1.165) is 16.9 Å². The highest BCUT2D eigenvalue weighted by Crippen LogP contribution is 2.36. The number of carbonyl (C=O) groups is 2. The number of amides is 1. The van der Waals surface area contributed by atoms with E-state index in [9.17, 15) is 9.59 Å². The Kier molecular flexibility index (Phi) is 5.26. The first-order valence-corrected chi connectivity index (χ1v) is 8.81. The van der Waals surface area contributed by atoms with Crippen LogP contribution in [0.15, 0.2) is 48.5 Å². The van der Waals surface area contributed by atoms with Crippen molar-refractivity contribution in [3.05, 3.63) is 59.7 Å². The van der Waals surface area contributed by atoms with Crippen molar-refractivity contribution in [1.29, 1.82) is 0 Å². The molecule has 0 heterocycles. The number of hydrogen-bond acceptors (Lipinski definition) is 3. The summed E-state index contributed by atoms with van der Waals surface area (Å²) in [6, 6.07) is 15.5. The largest absolute Gasteiger partial charge is 0.486 e. The zero-order valence-corrected chi connectivity index (χ0v) is 14.9. The second kappa shape index (κ2) is 7.60. The number of ether oxygens (including phenoxy) is 1. The molecule has 0 aliphatic heterocycles. The molecule has 2 N–H and O–H groups in total. The van der Waals surface area contributed by atoms with Gasteiger partial charge in [0.15, 0.2) is 0 Å². The minimum absolute atomic E-state index is 0.0812. The van der Waals surface area contributed by atoms with Gasteiger partial charge in [0.25, 0.3) is 0 Å². The van der Waals surface area contributed by atoms with Gasteiger partial charge in [-0.1, -0.05) is 30.3 Å². The van der Waals surface area contributed by atoms with Crippen molar-refractivity contribution < 1.29 is 19.4 Å². The number of carbonyl (C=O) groups excluding carboxylic acids is 1. The van der Waals surface area contributed by atoms with E-state index in [1.54, 1.807) is 6.07 Å². The minimum Gasteiger partial charge on any atom is -0.486 e. The summed E-state index contributed by atoms with van der Waals surface area (Å²) in [5.41, 5.74) is 2.65. The summed E-state index contributed by atoms with van der Waals surface area (Å²) >= 11 is 0. The highest BCUT2D eigenvalue weighted by molar-refractivity contribution is 5.96. The summed E-state index contributed by atoms with van der Waals surface area (Å²) in [6.45, 7) is 3.88. The average molecular weight is 353 g/mol. The van der Waals surface area contributed by atoms with Crippen molar-refractivity contribution in [2.75, 3.05) is 5.32 Å². The summed E-state index contributed by atoms with van der Waals surface area (Å²) in [7, 11) is 0. The van der Waals surface area contributed by atoms with Gasteiger partial charge < -0.3 is 15.2 Å². The van der Waals surface area contributed by atoms with Gasteiger partial charge >= 0.3 is 5.97 Å². The first kappa shape index (κ1) is 18.0. The summed E-state index contributed by atoms with van der Waals surface area (Å²) in [6.07, 6.45) is 1.11. The Labute approximate surface area is 153 Å². The number of carboxylic acids is 1. The van der Waals surface area contributed by atoms with Crippen molar-refractivity contribution in [2.45, 2.75) is 32.8 Å². The molecule has 136 valence electrons. The van der Waals surface area contributed by atoms with Gasteiger partial charge in [-0.3, -0.25) is 9.59 Å². The smallest absolute Gasteiger partial charge is 0.307 e. The fraction of sp³-hybridized carbons (Fsp3) is 0.333. The monoisotopic (exact) mass is 353 g/mol. The number of rotatable bonds is 6. The number of aryl methyl sites for hydroxylation is 1. The van der Waals surface area contributed by atoms with Gasteiger partial charge in [-0.2, -0.15) is 0 Å². The van der Waals surface area contributed by atoms with Crippen molar-refractivity contribution in [3.8, 4) is 5.75 Å². The number of anilines is 1. The molecule has 3 rings (SSSR count). The van der Waals surface area contributed by atoms with Gasteiger partial charge in [0.05, 0.1) is 11.8 Å². The molecular formula is C21H23NO4. The molecule has 1 saturated carbocycles. The molecule has 0 spiro atoms. The van der Waals surface area contributed by atoms with E-state index < -0.39 is 17.8 Å². The molecule has 0 saturated heterocycles. The number of carboxylic acid groups (broad SMARTS) is 1. The fourth-order valence-corrected chi connectivity index (χ4v) is 3.18. The summed E-state index contributed by atoms with van der Waals surface area (Å²) in [5.74, 6) is -1.40. The molecule has 1 amide bonds. The van der Waals surface area contributed by atoms with Crippen LogP contribution >= 0.6 is 0 Å². The van der Waals surface area contributed by atoms with Gasteiger partial charge in [0.2, 0.25) is 5.91 Å². The Morgan fingerprint density at radius 3 is 2.38 bits per heavy atom. The van der Waals surface area contributed by atoms with E-state index in [1.165, 1.54) is 0 Å². The average Bonchev–Trinajstić information content (AvgIpc) is 2.56. The van der Waals surface area contributed by atoms with E-state index in [2.05, 4.69) is 5.32 Å². The molecule has 2 aromatic carbocycles. The molecule has 1 aliphatic carbocycles. The van der Waals surface area contributed by atoms with E-state index in [0.29, 0.717) is 18.5 Å². The summed E-state index contributed by atoms with van der Waals surface area (Å²) in [5, 5.41) is 11.9. The summed E-state index contributed by atoms with van der Waals surface area (Å²) < 4.78 is 5.98. The highest BCUT2D eigenvalue weighted by atomic mass is 16.5. The molecule has 2 aromatic rings. The number of benzene rings is 2. The molecule has 1 aliphatic rings. The predicted molar refractivity (Wildman–Crippen MR) is 99.1 cm³/mol. The zero-order valence-electron chi connectivity index (χ0n) is 14.9. The lowest BCUT2D eigenvalue weighted by Gasteiger charge is -2.32. The predicted octanol–water partition coefficient (Wildman–Crippen LogP) is 4.18. The number of hydrogen-bond donors (Lipinski definition) is 2. The second-order valence-electron chi connectivity index (χ2n) is 6.77. The van der Waals surface area contributed by atoms with Crippen LogP contribution in [0.3, 0.4) is 0 Å². The Hall–Kier alpha value is -2.82. The SMILES string of the molecule is Cc1cc(OC(C)c2ccccc2)ccc1NC(=O)C1CCC1C(=O)O. The molecular weight excluding hydrogens is 330 g/mol. The maximum atomic E-state index is 12.3. The molecule has 0 bridgehead atoms. The topological polar surface area (TPSA) is 75.6 Å². The van der Waals surface area contributed by atoms with Gasteiger partial charge in [0.1, 0.15) is 11.9 Å². The lowest BCUT2D eigenvalue weighted by molar-refractivity contribution is -0.151. The third-order valence-electron chi connectivity index (χ3n) is 4.97. The van der Waals surface area contributed by atoms with Crippen LogP contribution in [-0.4, -0.2) is 17.0 Å². The molecule has 3 atom stereocenters. The molecule has 3 unspecified atom stereocenters. The van der Waals surface area contributed by atoms with Crippen molar-refractivity contribution in [1.82, 2.24) is 0 Å². The van der Waals surface area contributed by atoms with E-state index >= 15 is 0 Å². The van der Waals surface area contributed by atoms with E-state index in [-0.39, 0.29) is 12.0 Å². The molecule has 1 fully saturated rings. The van der Waals surface area contributed by atoms with Gasteiger partial charge in [-0.25, -0.2) is 0 Å². The highest BCUT2D eigenvalue weighted by Gasteiger charge is 2.41. The Morgan fingerprint density at radius 2 is 1.81 bits per heavy atom. The number of aliphatic carboxylic acids is 1. The van der Waals surface area contributed by atoms with Crippen molar-refractivity contribution in [3.63, 3.8) is 0 Å². The van der Waals surface area contributed by atoms with Crippen LogP contribution in [0.5, 0.6) is 5.75 Å². The molecule has 0 aromatic heterocycles. The third kappa shape index (κ3) is 3.87. The molecule has 26 heavy (non-hydrogen) atoms. The summed E-state index contributed by atoms with van der Waals surface area (Å²) in [4.78, 5) is 23.4. The van der Waals surface area contributed by atoms with Crippen LogP contribution in [0.1, 0.15) is 37.0 Å². The Balaban J connectivity index is 1.64. The Morgan fingerprint density at radius 1 is 1.12 bits per heavy atom. The number of nitrogens with one attached hydrogen (secondary N) is 1. The zero-order chi connectivity index (χ0) is 18.7. The second-order valence-corrected chi connectivity index (χ2v) is 6.77. The maximum absolute atomic E-state index is 12.3. The van der Waals surface area contributed by atoms with Crippen LogP contribution < -0.4 is 10.1 Å². The standard InChI is InChI=1S/C21H23NO4/c1-13-12-16(26-14(2)15-6-4-3-5-7-15)8-11-19(13)22-20(23)17-9-10-18(17)21(24)25/h3-8,11-12,14,17-18H,9-10H2,1-2H3,(H,22,23)(H,24,25). The van der Waals surface area contributed by atoms with Crippen LogP contribution in [0.2, 0.25) is 0 Å². The van der Waals surface area contributed by atoms with Crippen molar-refractivity contribution >= 4 is 17.6 Å². The first-order valence-electron chi connectivity index (χ1n) is 8.81. The van der Waals surface area contributed by atoms with Crippen LogP contribution in [0, 0.1) is 18.8 Å². The van der Waals surface area contributed by atoms with Gasteiger partial charge in [-0.15, -0.1) is 0 Å². The first-order chi connectivity index (χ1) is 12.5. The van der Waals surface area contributed by atoms with E-state index in [1.807, 2.05) is 56.3 Å². The van der Waals surface area contributed by atoms with Crippen molar-refractivity contribution in [2.24, 2.45) is 11.8 Å².